The van der Waals surface area contributed by atoms with Crippen molar-refractivity contribution in [3.8, 4) is 0 Å². The van der Waals surface area contributed by atoms with E-state index in [9.17, 15) is 43.5 Å². The van der Waals surface area contributed by atoms with Crippen LogP contribution < -0.4 is 11.4 Å². The summed E-state index contributed by atoms with van der Waals surface area (Å²) in [4.78, 5) is 61.9. The Morgan fingerprint density at radius 1 is 0.680 bits per heavy atom. The topological polar surface area (TPSA) is 278 Å². The van der Waals surface area contributed by atoms with Gasteiger partial charge in [0.25, 0.3) is 0 Å². The van der Waals surface area contributed by atoms with Crippen molar-refractivity contribution in [2.75, 3.05) is 25.6 Å². The van der Waals surface area contributed by atoms with Gasteiger partial charge in [-0.1, -0.05) is 142 Å². The predicted octanol–water partition coefficient (Wildman–Crippen LogP) is 9.99. The lowest BCUT2D eigenvalue weighted by atomic mass is 10.1. The monoisotopic (exact) mass is 1090 g/mol. The van der Waals surface area contributed by atoms with Gasteiger partial charge in [-0.05, 0) is 89.5 Å². The molecule has 3 rings (SSSR count). The highest BCUT2D eigenvalue weighted by Crippen LogP contribution is 2.60. The maximum atomic E-state index is 12.9. The highest BCUT2D eigenvalue weighted by molar-refractivity contribution is 7.61. The first-order valence-corrected chi connectivity index (χ1v) is 29.0. The van der Waals surface area contributed by atoms with Gasteiger partial charge in [0, 0.05) is 19.0 Å². The number of anilines is 1. The van der Waals surface area contributed by atoms with Crippen molar-refractivity contribution in [3.05, 3.63) is 132 Å². The molecular formula is C54H81N3O16P2. The summed E-state index contributed by atoms with van der Waals surface area (Å²) in [6.07, 6.45) is 45.1. The Morgan fingerprint density at radius 2 is 1.24 bits per heavy atom. The van der Waals surface area contributed by atoms with Crippen molar-refractivity contribution in [2.45, 2.75) is 172 Å². The molecule has 0 bridgehead atoms. The second-order valence-electron chi connectivity index (χ2n) is 17.7. The van der Waals surface area contributed by atoms with Crippen molar-refractivity contribution >= 4 is 33.4 Å². The third-order valence-electron chi connectivity index (χ3n) is 11.3. The van der Waals surface area contributed by atoms with Crippen molar-refractivity contribution in [1.82, 2.24) is 9.55 Å². The molecule has 0 radical (unpaired) electrons. The van der Waals surface area contributed by atoms with Gasteiger partial charge < -0.3 is 44.7 Å². The first-order chi connectivity index (χ1) is 36.1. The summed E-state index contributed by atoms with van der Waals surface area (Å²) in [5.74, 6) is -1.48. The van der Waals surface area contributed by atoms with Crippen molar-refractivity contribution < 1.29 is 71.0 Å². The number of nitrogens with two attached hydrogens (primary N) is 1. The number of phosphoric acid groups is 2. The molecule has 2 fully saturated rings. The zero-order valence-corrected chi connectivity index (χ0v) is 45.3. The average molecular weight is 1090 g/mol. The van der Waals surface area contributed by atoms with Crippen molar-refractivity contribution in [3.63, 3.8) is 0 Å². The SMILES string of the molecule is CC/C=C\C/C=C\C/C=C\C/C=C\C/C=C\C/C=C\CCC(=O)O[C@H](COC(=O)CCC/C=C\C/C=C\C/C=C\CC1OC1CCCCC)COP(=O)(O)OP(=O)(O)OC[C@H]1O[C@@H](n2ccc(N)nc2=O)[C@H](O)[C@@H]1O. The Hall–Kier alpha value is -4.62. The molecule has 3 heterocycles. The lowest BCUT2D eigenvalue weighted by Crippen LogP contribution is -2.36. The Labute approximate surface area is 442 Å². The Kier molecular flexibility index (Phi) is 32.8. The molecule has 1 aromatic heterocycles. The number of carbonyl (C=O) groups is 2. The lowest BCUT2D eigenvalue weighted by Gasteiger charge is -2.21. The number of unbranched alkanes of at least 4 members (excludes halogenated alkanes) is 3. The van der Waals surface area contributed by atoms with Crippen LogP contribution in [-0.4, -0.2) is 97.9 Å². The van der Waals surface area contributed by atoms with Crippen LogP contribution in [0.3, 0.4) is 0 Å². The van der Waals surface area contributed by atoms with Gasteiger partial charge in [-0.15, -0.1) is 0 Å². The minimum Gasteiger partial charge on any atom is -0.462 e. The van der Waals surface area contributed by atoms with Gasteiger partial charge in [0.05, 0.1) is 25.4 Å². The molecule has 418 valence electrons. The fourth-order valence-corrected chi connectivity index (χ4v) is 9.30. The molecule has 2 saturated heterocycles. The van der Waals surface area contributed by atoms with Gasteiger partial charge in [-0.2, -0.15) is 9.29 Å². The van der Waals surface area contributed by atoms with Crippen LogP contribution in [-0.2, 0) is 51.0 Å². The summed E-state index contributed by atoms with van der Waals surface area (Å²) in [6.45, 7) is 1.87. The highest BCUT2D eigenvalue weighted by atomic mass is 31.3. The Morgan fingerprint density at radius 3 is 1.83 bits per heavy atom. The molecule has 19 nitrogen and oxygen atoms in total. The lowest BCUT2D eigenvalue weighted by molar-refractivity contribution is -0.161. The van der Waals surface area contributed by atoms with Crippen LogP contribution in [0.4, 0.5) is 5.82 Å². The molecule has 75 heavy (non-hydrogen) atoms. The Balaban J connectivity index is 1.43. The molecule has 0 saturated carbocycles. The van der Waals surface area contributed by atoms with Crippen LogP contribution in [0.2, 0.25) is 0 Å². The molecule has 2 aliphatic heterocycles. The number of aromatic nitrogens is 2. The molecule has 21 heteroatoms. The normalized spacial score (nSPS) is 22.4. The number of ether oxygens (including phenoxy) is 4. The van der Waals surface area contributed by atoms with Crippen LogP contribution in [0, 0.1) is 0 Å². The molecule has 6 N–H and O–H groups in total. The average Bonchev–Trinajstić information content (AvgIpc) is 4.06. The summed E-state index contributed by atoms with van der Waals surface area (Å²) in [7, 11) is -10.9. The summed E-state index contributed by atoms with van der Waals surface area (Å²) >= 11 is 0. The molecule has 0 aliphatic carbocycles. The number of esters is 2. The number of carbonyl (C=O) groups excluding carboxylic acids is 2. The zero-order valence-electron chi connectivity index (χ0n) is 43.5. The van der Waals surface area contributed by atoms with Gasteiger partial charge in [0.15, 0.2) is 12.3 Å². The fourth-order valence-electron chi connectivity index (χ4n) is 7.19. The van der Waals surface area contributed by atoms with Crippen LogP contribution in [0.5, 0.6) is 0 Å². The number of epoxide rings is 1. The molecule has 9 atom stereocenters. The number of allylic oxidation sites excluding steroid dienone is 17. The minimum absolute atomic E-state index is 0.0246. The Bertz CT molecular complexity index is 2260. The first kappa shape index (κ1) is 64.7. The number of aliphatic hydroxyl groups is 2. The predicted molar refractivity (Wildman–Crippen MR) is 288 cm³/mol. The molecule has 4 unspecified atom stereocenters. The molecule has 1 aromatic rings. The number of hydrogen-bond donors (Lipinski definition) is 5. The van der Waals surface area contributed by atoms with E-state index in [-0.39, 0.29) is 18.7 Å². The van der Waals surface area contributed by atoms with E-state index in [4.69, 9.17) is 33.7 Å². The summed E-state index contributed by atoms with van der Waals surface area (Å²) in [6, 6.07) is 1.24. The van der Waals surface area contributed by atoms with E-state index in [1.54, 1.807) is 6.08 Å². The van der Waals surface area contributed by atoms with Gasteiger partial charge >= 0.3 is 33.3 Å². The fraction of sp³-hybridized carbons (Fsp3) is 0.556. The maximum Gasteiger partial charge on any atom is 0.481 e. The van der Waals surface area contributed by atoms with Crippen LogP contribution in [0.25, 0.3) is 0 Å². The summed E-state index contributed by atoms with van der Waals surface area (Å²) in [5, 5.41) is 20.9. The molecule has 0 spiro atoms. The van der Waals surface area contributed by atoms with E-state index in [1.807, 2.05) is 30.4 Å². The number of nitrogen functional groups attached to an aromatic ring is 1. The van der Waals surface area contributed by atoms with E-state index >= 15 is 0 Å². The van der Waals surface area contributed by atoms with Gasteiger partial charge in [-0.25, -0.2) is 13.9 Å². The van der Waals surface area contributed by atoms with E-state index in [0.717, 1.165) is 68.6 Å². The summed E-state index contributed by atoms with van der Waals surface area (Å²) < 4.78 is 62.4. The second kappa shape index (κ2) is 38.0. The number of hydrogen-bond acceptors (Lipinski definition) is 16. The highest BCUT2D eigenvalue weighted by Gasteiger charge is 2.46. The van der Waals surface area contributed by atoms with E-state index in [1.165, 1.54) is 25.3 Å². The minimum atomic E-state index is -5.46. The second-order valence-corrected chi connectivity index (χ2v) is 20.7. The zero-order chi connectivity index (χ0) is 54.6. The number of nitrogens with zero attached hydrogens (tertiary/aromatic N) is 2. The van der Waals surface area contributed by atoms with Crippen LogP contribution >= 0.6 is 15.6 Å². The summed E-state index contributed by atoms with van der Waals surface area (Å²) in [5.41, 5.74) is 4.58. The largest absolute Gasteiger partial charge is 0.481 e. The standard InChI is InChI=1S/C54H81N3O16P2/c1-3-5-7-8-9-10-11-12-13-14-15-16-17-18-19-24-27-30-34-38-50(59)70-44(41-67-49(58)37-33-29-26-23-21-20-22-25-28-32-36-46-45(71-46)35-31-6-4-2)42-68-74(63,64)73-75(65,66)69-43-47-51(60)52(61)53(72-47)57-40-39-48(55)56-54(57)62/h5,7,9-10,12-13,15-16,18-20,22-23,26-28,30,32,39-40,44-47,51-53,60-61H,3-4,6,8,11,14,17,21,24-25,29,31,33-38,41-43H2,1-2H3,(H,63,64)(H,65,66)(H2,55,56,62)/b7-5-,10-9-,13-12-,16-15-,19-18-,22-20-,26-23-,30-27-,32-28-/t44-,45?,46?,47-,51-,52-,53-/m1/s1. The maximum absolute atomic E-state index is 12.9. The molecule has 2 aliphatic rings. The van der Waals surface area contributed by atoms with Gasteiger partial charge in [0.1, 0.15) is 30.7 Å². The molecule has 0 amide bonds. The van der Waals surface area contributed by atoms with Gasteiger partial charge in [-0.3, -0.25) is 23.2 Å². The van der Waals surface area contributed by atoms with E-state index < -0.39 is 83.7 Å². The number of phosphoric ester groups is 2. The first-order valence-electron chi connectivity index (χ1n) is 26.0. The number of rotatable bonds is 40. The van der Waals surface area contributed by atoms with Crippen molar-refractivity contribution in [2.24, 2.45) is 0 Å². The quantitative estimate of drug-likeness (QED) is 0.0134. The molecule has 0 aromatic carbocycles. The van der Waals surface area contributed by atoms with Gasteiger partial charge in [0.2, 0.25) is 0 Å². The van der Waals surface area contributed by atoms with E-state index in [0.29, 0.717) is 37.9 Å². The molecular weight excluding hydrogens is 1010 g/mol. The smallest absolute Gasteiger partial charge is 0.462 e. The van der Waals surface area contributed by atoms with Crippen molar-refractivity contribution in [1.29, 1.82) is 0 Å². The third-order valence-corrected chi connectivity index (χ3v) is 13.9. The van der Waals surface area contributed by atoms with Crippen LogP contribution in [0.1, 0.15) is 136 Å². The number of aliphatic hydroxyl groups excluding tert-OH is 2. The third kappa shape index (κ3) is 30.1. The van der Waals surface area contributed by atoms with E-state index in [2.05, 4.69) is 96.1 Å². The van der Waals surface area contributed by atoms with Crippen LogP contribution in [0.15, 0.2) is 126 Å².